The molecular weight excluding hydrogens is 341 g/mol. The predicted molar refractivity (Wildman–Crippen MR) is 84.5 cm³/mol. The van der Waals surface area contributed by atoms with Crippen LogP contribution in [0, 0.1) is 6.92 Å². The zero-order chi connectivity index (χ0) is 15.4. The highest BCUT2D eigenvalue weighted by molar-refractivity contribution is 6.33. The van der Waals surface area contributed by atoms with E-state index in [2.05, 4.69) is 5.10 Å². The van der Waals surface area contributed by atoms with Crippen LogP contribution in [0.4, 0.5) is 5.82 Å². The molecule has 1 aromatic heterocycles. The molecule has 1 heterocycles. The molecular formula is C15H19Cl2N3O3. The summed E-state index contributed by atoms with van der Waals surface area (Å²) >= 11 is 6.19. The van der Waals surface area contributed by atoms with Crippen molar-refractivity contribution in [3.63, 3.8) is 0 Å². The molecule has 23 heavy (non-hydrogen) atoms. The second-order valence-electron chi connectivity index (χ2n) is 4.80. The van der Waals surface area contributed by atoms with Gasteiger partial charge in [-0.3, -0.25) is 10.5 Å². The van der Waals surface area contributed by atoms with Gasteiger partial charge >= 0.3 is 5.97 Å². The number of carbonyl (C=O) groups is 1. The molecule has 0 saturated carbocycles. The molecule has 2 aromatic rings. The van der Waals surface area contributed by atoms with Crippen LogP contribution in [0.25, 0.3) is 11.3 Å². The highest BCUT2D eigenvalue weighted by Gasteiger charge is 2.15. The predicted octanol–water partition coefficient (Wildman–Crippen LogP) is -1.38. The number of nitrogens with zero attached hydrogens (tertiary/aromatic N) is 2. The van der Waals surface area contributed by atoms with Crippen LogP contribution >= 0.6 is 11.6 Å². The van der Waals surface area contributed by atoms with Crippen molar-refractivity contribution in [2.75, 3.05) is 5.73 Å². The molecule has 0 aliphatic rings. The number of aromatic nitrogens is 2. The van der Waals surface area contributed by atoms with Gasteiger partial charge in [-0.2, -0.15) is 0 Å². The molecule has 0 saturated heterocycles. The van der Waals surface area contributed by atoms with Gasteiger partial charge in [0.25, 0.3) is 5.82 Å². The third-order valence-corrected chi connectivity index (χ3v) is 3.50. The Labute approximate surface area is 145 Å². The van der Waals surface area contributed by atoms with E-state index in [0.717, 1.165) is 16.8 Å². The first-order valence-corrected chi connectivity index (χ1v) is 7.01. The number of nitrogens with two attached hydrogens (primary N) is 1. The van der Waals surface area contributed by atoms with Crippen molar-refractivity contribution in [2.45, 2.75) is 26.3 Å². The number of anilines is 1. The highest BCUT2D eigenvalue weighted by Crippen LogP contribution is 2.26. The fourth-order valence-electron chi connectivity index (χ4n) is 2.05. The lowest BCUT2D eigenvalue weighted by atomic mass is 10.1. The lowest BCUT2D eigenvalue weighted by molar-refractivity contribution is -0.740. The zero-order valence-corrected chi connectivity index (χ0v) is 14.1. The van der Waals surface area contributed by atoms with Gasteiger partial charge in [0.1, 0.15) is 12.2 Å². The van der Waals surface area contributed by atoms with E-state index in [1.807, 2.05) is 31.2 Å². The molecule has 0 amide bonds. The Morgan fingerprint density at radius 2 is 2.04 bits per heavy atom. The van der Waals surface area contributed by atoms with E-state index in [9.17, 15) is 4.79 Å². The molecule has 2 rings (SSSR count). The molecule has 0 radical (unpaired) electrons. The fourth-order valence-corrected chi connectivity index (χ4v) is 2.28. The molecule has 0 unspecified atom stereocenters. The molecule has 0 atom stereocenters. The summed E-state index contributed by atoms with van der Waals surface area (Å²) in [6.45, 7) is 2.35. The minimum atomic E-state index is -0.826. The Kier molecular flexibility index (Phi) is 8.53. The van der Waals surface area contributed by atoms with Crippen LogP contribution in [0.2, 0.25) is 5.02 Å². The summed E-state index contributed by atoms with van der Waals surface area (Å²) in [5, 5.41) is 13.8. The summed E-state index contributed by atoms with van der Waals surface area (Å²) in [5.74, 6) is -0.288. The number of hydrogen-bond donors (Lipinski definition) is 2. The molecule has 0 aliphatic heterocycles. The lowest BCUT2D eigenvalue weighted by Crippen LogP contribution is -3.00. The molecule has 126 valence electrons. The second-order valence-corrected chi connectivity index (χ2v) is 5.21. The van der Waals surface area contributed by atoms with Gasteiger partial charge in [0.05, 0.1) is 5.02 Å². The van der Waals surface area contributed by atoms with E-state index < -0.39 is 5.97 Å². The van der Waals surface area contributed by atoms with Crippen LogP contribution in [-0.4, -0.2) is 21.7 Å². The highest BCUT2D eigenvalue weighted by atomic mass is 35.5. The van der Waals surface area contributed by atoms with Crippen LogP contribution in [0.3, 0.4) is 0 Å². The van der Waals surface area contributed by atoms with Gasteiger partial charge in [0.2, 0.25) is 0 Å². The van der Waals surface area contributed by atoms with E-state index in [4.69, 9.17) is 22.4 Å². The smallest absolute Gasteiger partial charge is 0.303 e. The Hall–Kier alpha value is -1.89. The third kappa shape index (κ3) is 5.35. The topological polar surface area (TPSA) is 112 Å². The van der Waals surface area contributed by atoms with Crippen molar-refractivity contribution in [3.8, 4) is 11.3 Å². The molecule has 1 aromatic carbocycles. The van der Waals surface area contributed by atoms with Gasteiger partial charge in [-0.15, -0.1) is 4.68 Å². The Balaban J connectivity index is 0.00000242. The first-order valence-electron chi connectivity index (χ1n) is 6.63. The molecule has 0 spiro atoms. The van der Waals surface area contributed by atoms with Crippen molar-refractivity contribution < 1.29 is 32.5 Å². The monoisotopic (exact) mass is 359 g/mol. The zero-order valence-electron chi connectivity index (χ0n) is 12.6. The molecule has 8 heteroatoms. The van der Waals surface area contributed by atoms with E-state index in [0.29, 0.717) is 23.8 Å². The number of nitrogen functional groups attached to an aromatic ring is 1. The van der Waals surface area contributed by atoms with Gasteiger partial charge in [0, 0.05) is 17.5 Å². The summed E-state index contributed by atoms with van der Waals surface area (Å²) < 4.78 is 1.64. The lowest BCUT2D eigenvalue weighted by Gasteiger charge is -2.08. The van der Waals surface area contributed by atoms with Gasteiger partial charge in [-0.1, -0.05) is 34.9 Å². The number of hydrogen-bond acceptors (Lipinski definition) is 3. The van der Waals surface area contributed by atoms with E-state index >= 15 is 0 Å². The number of benzene rings is 1. The summed E-state index contributed by atoms with van der Waals surface area (Å²) in [5.41, 5.74) is 8.44. The molecule has 0 bridgehead atoms. The molecule has 0 fully saturated rings. The SMILES string of the molecule is Cc1cc(-c2ccccc2Cl)n[n+](CCCC(=O)O)c1N.O.[Cl-]. The largest absolute Gasteiger partial charge is 1.00 e. The summed E-state index contributed by atoms with van der Waals surface area (Å²) in [7, 11) is 0. The molecule has 5 N–H and O–H groups in total. The number of rotatable bonds is 5. The van der Waals surface area contributed by atoms with E-state index in [1.165, 1.54) is 0 Å². The van der Waals surface area contributed by atoms with Crippen LogP contribution in [0.15, 0.2) is 30.3 Å². The van der Waals surface area contributed by atoms with Crippen LogP contribution < -0.4 is 22.8 Å². The molecule has 6 nitrogen and oxygen atoms in total. The number of aliphatic carboxylic acids is 1. The van der Waals surface area contributed by atoms with Crippen LogP contribution in [-0.2, 0) is 11.3 Å². The van der Waals surface area contributed by atoms with E-state index in [1.54, 1.807) is 10.7 Å². The van der Waals surface area contributed by atoms with Gasteiger partial charge in [-0.25, -0.2) is 0 Å². The van der Waals surface area contributed by atoms with Gasteiger partial charge in [0.15, 0.2) is 0 Å². The maximum atomic E-state index is 10.6. The maximum absolute atomic E-state index is 10.6. The van der Waals surface area contributed by atoms with Crippen molar-refractivity contribution in [2.24, 2.45) is 0 Å². The Morgan fingerprint density at radius 3 is 2.65 bits per heavy atom. The standard InChI is InChI=1S/C15H16ClN3O2.ClH.H2O/c1-10-9-13(11-5-2-3-6-12(11)16)18-19(15(10)17)8-4-7-14(20)21;;/h2-3,5-6,9,17H,4,7-8H2,1H3,(H,20,21);1H;1H2. The third-order valence-electron chi connectivity index (χ3n) is 3.17. The van der Waals surface area contributed by atoms with Crippen LogP contribution in [0.1, 0.15) is 18.4 Å². The average Bonchev–Trinajstić information content (AvgIpc) is 2.43. The first-order chi connectivity index (χ1) is 9.99. The van der Waals surface area contributed by atoms with Crippen molar-refractivity contribution in [1.29, 1.82) is 0 Å². The normalized spacial score (nSPS) is 9.65. The molecule has 0 aliphatic carbocycles. The summed E-state index contributed by atoms with van der Waals surface area (Å²) in [6, 6.07) is 9.32. The second kappa shape index (κ2) is 9.29. The number of carboxylic acid groups (broad SMARTS) is 1. The number of halogens is 2. The minimum absolute atomic E-state index is 0. The quantitative estimate of drug-likeness (QED) is 0.641. The fraction of sp³-hybridized carbons (Fsp3) is 0.267. The first kappa shape index (κ1) is 21.1. The Morgan fingerprint density at radius 1 is 1.39 bits per heavy atom. The van der Waals surface area contributed by atoms with Crippen molar-refractivity contribution in [1.82, 2.24) is 5.10 Å². The summed E-state index contributed by atoms with van der Waals surface area (Å²) in [6.07, 6.45) is 0.562. The number of aryl methyl sites for hydroxylation is 2. The minimum Gasteiger partial charge on any atom is -1.00 e. The number of carboxylic acids is 1. The van der Waals surface area contributed by atoms with E-state index in [-0.39, 0.29) is 24.3 Å². The van der Waals surface area contributed by atoms with Crippen LogP contribution in [0.5, 0.6) is 0 Å². The Bertz CT molecular complexity index is 681. The van der Waals surface area contributed by atoms with Gasteiger partial charge in [-0.05, 0) is 25.5 Å². The maximum Gasteiger partial charge on any atom is 0.303 e. The van der Waals surface area contributed by atoms with Gasteiger partial charge < -0.3 is 23.0 Å². The average molecular weight is 360 g/mol. The van der Waals surface area contributed by atoms with Crippen molar-refractivity contribution >= 4 is 23.4 Å². The van der Waals surface area contributed by atoms with Crippen molar-refractivity contribution in [3.05, 3.63) is 40.9 Å². The summed E-state index contributed by atoms with van der Waals surface area (Å²) in [4.78, 5) is 10.6.